The van der Waals surface area contributed by atoms with Gasteiger partial charge in [0.05, 0.1) is 4.90 Å². The van der Waals surface area contributed by atoms with Crippen molar-refractivity contribution in [2.75, 3.05) is 6.26 Å². The summed E-state index contributed by atoms with van der Waals surface area (Å²) in [6.07, 6.45) is 1.07. The third-order valence-corrected chi connectivity index (χ3v) is 2.90. The van der Waals surface area contributed by atoms with E-state index in [-0.39, 0.29) is 10.4 Å². The van der Waals surface area contributed by atoms with Crippen LogP contribution >= 0.6 is 0 Å². The Bertz CT molecular complexity index is 410. The zero-order chi connectivity index (χ0) is 11.5. The second kappa shape index (κ2) is 4.73. The van der Waals surface area contributed by atoms with Crippen LogP contribution in [0.15, 0.2) is 29.2 Å². The second-order valence-electron chi connectivity index (χ2n) is 2.88. The molecule has 6 nitrogen and oxygen atoms in total. The van der Waals surface area contributed by atoms with Crippen molar-refractivity contribution < 1.29 is 28.5 Å². The van der Waals surface area contributed by atoms with E-state index in [1.165, 1.54) is 24.3 Å². The molecule has 8 heteroatoms. The molecule has 0 amide bonds. The Labute approximate surface area is 87.0 Å². The van der Waals surface area contributed by atoms with Crippen molar-refractivity contribution in [2.24, 2.45) is 0 Å². The predicted molar refractivity (Wildman–Crippen MR) is 52.4 cm³/mol. The maximum absolute atomic E-state index is 11.1. The lowest BCUT2D eigenvalue weighted by Crippen LogP contribution is -2.35. The van der Waals surface area contributed by atoms with Gasteiger partial charge in [-0.1, -0.05) is 12.1 Å². The SMILES string of the molecule is CS(=O)(=O)c1ccc(B(OO)OO)cc1. The van der Waals surface area contributed by atoms with Crippen LogP contribution < -0.4 is 5.46 Å². The minimum atomic E-state index is -3.27. The summed E-state index contributed by atoms with van der Waals surface area (Å²) in [5.74, 6) is 0. The average molecular weight is 232 g/mol. The second-order valence-corrected chi connectivity index (χ2v) is 4.90. The van der Waals surface area contributed by atoms with E-state index in [0.29, 0.717) is 0 Å². The summed E-state index contributed by atoms with van der Waals surface area (Å²) in [6, 6.07) is 5.34. The largest absolute Gasteiger partial charge is 0.554 e. The Balaban J connectivity index is 3.00. The Morgan fingerprint density at radius 2 is 1.60 bits per heavy atom. The van der Waals surface area contributed by atoms with Gasteiger partial charge in [-0.3, -0.25) is 20.1 Å². The van der Waals surface area contributed by atoms with Gasteiger partial charge in [0.2, 0.25) is 0 Å². The summed E-state index contributed by atoms with van der Waals surface area (Å²) in [6.45, 7) is 0. The predicted octanol–water partition coefficient (Wildman–Crippen LogP) is -0.235. The number of hydrogen-bond donors (Lipinski definition) is 2. The van der Waals surface area contributed by atoms with E-state index in [1.54, 1.807) is 0 Å². The zero-order valence-electron chi connectivity index (χ0n) is 7.82. The van der Waals surface area contributed by atoms with Crippen molar-refractivity contribution in [3.63, 3.8) is 0 Å². The summed E-state index contributed by atoms with van der Waals surface area (Å²) >= 11 is 0. The van der Waals surface area contributed by atoms with E-state index in [1.807, 2.05) is 0 Å². The Morgan fingerprint density at radius 3 is 1.93 bits per heavy atom. The standard InChI is InChI=1S/C7H9BO6S/c1-15(11,12)7-4-2-6(3-5-7)8(13-9)14-10/h2-5,9-10H,1H3. The van der Waals surface area contributed by atoms with Crippen LogP contribution in [-0.4, -0.2) is 32.3 Å². The maximum atomic E-state index is 11.1. The highest BCUT2D eigenvalue weighted by Gasteiger charge is 2.22. The summed E-state index contributed by atoms with van der Waals surface area (Å²) in [7, 11) is -4.61. The molecular weight excluding hydrogens is 223 g/mol. The normalized spacial score (nSPS) is 11.4. The number of benzene rings is 1. The molecule has 0 atom stereocenters. The quantitative estimate of drug-likeness (QED) is 0.423. The topological polar surface area (TPSA) is 93.1 Å². The van der Waals surface area contributed by atoms with Gasteiger partial charge in [0, 0.05) is 6.26 Å². The van der Waals surface area contributed by atoms with Crippen LogP contribution in [0.25, 0.3) is 0 Å². The van der Waals surface area contributed by atoms with Gasteiger partial charge in [-0.25, -0.2) is 8.42 Å². The molecule has 0 aliphatic heterocycles. The van der Waals surface area contributed by atoms with Crippen LogP contribution in [0, 0.1) is 0 Å². The van der Waals surface area contributed by atoms with Gasteiger partial charge in [0.15, 0.2) is 9.84 Å². The minimum absolute atomic E-state index is 0.126. The van der Waals surface area contributed by atoms with Gasteiger partial charge in [-0.15, -0.1) is 0 Å². The fourth-order valence-corrected chi connectivity index (χ4v) is 1.64. The number of sulfone groups is 1. The Kier molecular flexibility index (Phi) is 3.83. The molecule has 82 valence electrons. The van der Waals surface area contributed by atoms with Crippen molar-refractivity contribution >= 4 is 22.4 Å². The van der Waals surface area contributed by atoms with E-state index in [2.05, 4.69) is 9.61 Å². The molecule has 0 fully saturated rings. The van der Waals surface area contributed by atoms with Crippen molar-refractivity contribution in [3.05, 3.63) is 24.3 Å². The molecule has 0 aliphatic carbocycles. The summed E-state index contributed by atoms with van der Waals surface area (Å²) < 4.78 is 22.2. The van der Waals surface area contributed by atoms with Crippen molar-refractivity contribution in [1.82, 2.24) is 0 Å². The molecule has 0 unspecified atom stereocenters. The summed E-state index contributed by atoms with van der Waals surface area (Å²) in [5, 5.41) is 16.6. The molecule has 0 bridgehead atoms. The van der Waals surface area contributed by atoms with Crippen LogP contribution in [0.2, 0.25) is 0 Å². The molecule has 1 rings (SSSR count). The van der Waals surface area contributed by atoms with Crippen LogP contribution in [0.1, 0.15) is 0 Å². The van der Waals surface area contributed by atoms with E-state index in [0.717, 1.165) is 6.26 Å². The lowest BCUT2D eigenvalue weighted by atomic mass is 9.80. The molecule has 0 saturated carbocycles. The third kappa shape index (κ3) is 3.01. The van der Waals surface area contributed by atoms with Crippen LogP contribution in [0.4, 0.5) is 0 Å². The molecule has 0 radical (unpaired) electrons. The first-order valence-electron chi connectivity index (χ1n) is 3.89. The lowest BCUT2D eigenvalue weighted by molar-refractivity contribution is -0.221. The zero-order valence-corrected chi connectivity index (χ0v) is 8.64. The molecule has 15 heavy (non-hydrogen) atoms. The first kappa shape index (κ1) is 12.1. The first-order chi connectivity index (χ1) is 6.99. The van der Waals surface area contributed by atoms with E-state index >= 15 is 0 Å². The van der Waals surface area contributed by atoms with Crippen molar-refractivity contribution in [1.29, 1.82) is 0 Å². The molecule has 2 N–H and O–H groups in total. The average Bonchev–Trinajstić information content (AvgIpc) is 2.19. The van der Waals surface area contributed by atoms with E-state index in [4.69, 9.17) is 10.5 Å². The smallest absolute Gasteiger partial charge is 0.264 e. The molecule has 0 aromatic heterocycles. The van der Waals surface area contributed by atoms with Gasteiger partial charge in [-0.05, 0) is 17.6 Å². The highest BCUT2D eigenvalue weighted by molar-refractivity contribution is 7.90. The van der Waals surface area contributed by atoms with Gasteiger partial charge in [0.25, 0.3) is 0 Å². The number of hydrogen-bond acceptors (Lipinski definition) is 6. The van der Waals surface area contributed by atoms with Gasteiger partial charge < -0.3 is 0 Å². The highest BCUT2D eigenvalue weighted by Crippen LogP contribution is 2.06. The molecule has 0 heterocycles. The third-order valence-electron chi connectivity index (χ3n) is 1.77. The Morgan fingerprint density at radius 1 is 1.13 bits per heavy atom. The van der Waals surface area contributed by atoms with Crippen LogP contribution in [0.5, 0.6) is 0 Å². The fraction of sp³-hybridized carbons (Fsp3) is 0.143. The molecule has 1 aromatic rings. The monoisotopic (exact) mass is 232 g/mol. The summed E-state index contributed by atoms with van der Waals surface area (Å²) in [4.78, 5) is 7.70. The summed E-state index contributed by atoms with van der Waals surface area (Å²) in [5.41, 5.74) is 0.285. The van der Waals surface area contributed by atoms with Crippen LogP contribution in [-0.2, 0) is 19.4 Å². The van der Waals surface area contributed by atoms with Gasteiger partial charge in [-0.2, -0.15) is 0 Å². The van der Waals surface area contributed by atoms with Crippen LogP contribution in [0.3, 0.4) is 0 Å². The molecule has 0 aliphatic rings. The molecular formula is C7H9BO6S. The Hall–Kier alpha value is -0.925. The molecule has 1 aromatic carbocycles. The van der Waals surface area contributed by atoms with Gasteiger partial charge >= 0.3 is 7.12 Å². The van der Waals surface area contributed by atoms with Crippen molar-refractivity contribution in [2.45, 2.75) is 4.90 Å². The first-order valence-corrected chi connectivity index (χ1v) is 5.78. The van der Waals surface area contributed by atoms with E-state index in [9.17, 15) is 8.42 Å². The fourth-order valence-electron chi connectivity index (χ4n) is 1.01. The molecule has 0 spiro atoms. The van der Waals surface area contributed by atoms with Crippen molar-refractivity contribution in [3.8, 4) is 0 Å². The molecule has 0 saturated heterocycles. The lowest BCUT2D eigenvalue weighted by Gasteiger charge is -2.05. The minimum Gasteiger partial charge on any atom is -0.264 e. The van der Waals surface area contributed by atoms with E-state index < -0.39 is 17.0 Å². The maximum Gasteiger partial charge on any atom is 0.554 e. The number of rotatable bonds is 4. The van der Waals surface area contributed by atoms with Gasteiger partial charge in [0.1, 0.15) is 0 Å². The highest BCUT2D eigenvalue weighted by atomic mass is 32.2.